The number of hydrogen-bond donors (Lipinski definition) is 0. The minimum atomic E-state index is 0. The lowest BCUT2D eigenvalue weighted by Crippen LogP contribution is -1.97. The molecule has 0 aromatic heterocycles. The second kappa shape index (κ2) is 8.76. The van der Waals surface area contributed by atoms with E-state index in [1.54, 1.807) is 0 Å². The lowest BCUT2D eigenvalue weighted by molar-refractivity contribution is 0.543. The number of rotatable bonds is 0. The van der Waals surface area contributed by atoms with Gasteiger partial charge in [-0.05, 0) is 24.7 Å². The van der Waals surface area contributed by atoms with Gasteiger partial charge in [-0.25, -0.2) is 0 Å². The molecule has 0 aliphatic carbocycles. The van der Waals surface area contributed by atoms with Gasteiger partial charge in [-0.3, -0.25) is 0 Å². The zero-order chi connectivity index (χ0) is 11.8. The van der Waals surface area contributed by atoms with Crippen molar-refractivity contribution in [3.8, 4) is 0 Å². The summed E-state index contributed by atoms with van der Waals surface area (Å²) in [6.45, 7) is 17.2. The molecule has 0 aliphatic heterocycles. The molecule has 0 heterocycles. The third-order valence-electron chi connectivity index (χ3n) is 1.33. The fraction of sp³-hybridized carbons (Fsp3) is 0.733. The Kier molecular flexibility index (Phi) is 11.7. The minimum absolute atomic E-state index is 0. The van der Waals surface area contributed by atoms with Gasteiger partial charge >= 0.3 is 0 Å². The van der Waals surface area contributed by atoms with E-state index in [1.807, 2.05) is 13.8 Å². The maximum absolute atomic E-state index is 2.19. The van der Waals surface area contributed by atoms with Crippen LogP contribution in [0.3, 0.4) is 0 Å². The third kappa shape index (κ3) is 31.8. The van der Waals surface area contributed by atoms with Gasteiger partial charge in [0.15, 0.2) is 0 Å². The Morgan fingerprint density at radius 2 is 0.800 bits per heavy atom. The molecule has 0 radical (unpaired) electrons. The standard InChI is InChI=1S/2C7H14.CH4/c2*1-5-6-7(2,3)4;/h2*5-6H,1-4H3;1H4/b6-5+;6-5-;. The highest BCUT2D eigenvalue weighted by molar-refractivity contribution is 4.89. The highest BCUT2D eigenvalue weighted by Gasteiger charge is 2.01. The van der Waals surface area contributed by atoms with Crippen molar-refractivity contribution in [1.82, 2.24) is 0 Å². The van der Waals surface area contributed by atoms with Crippen LogP contribution in [0.1, 0.15) is 62.8 Å². The van der Waals surface area contributed by atoms with Crippen LogP contribution in [0.5, 0.6) is 0 Å². The summed E-state index contributed by atoms with van der Waals surface area (Å²) >= 11 is 0. The lowest BCUT2D eigenvalue weighted by atomic mass is 9.97. The second-order valence-corrected chi connectivity index (χ2v) is 5.73. The Hall–Kier alpha value is -0.520. The highest BCUT2D eigenvalue weighted by Crippen LogP contribution is 2.13. The molecule has 92 valence electrons. The molecular formula is C15H32. The molecule has 0 spiro atoms. The summed E-state index contributed by atoms with van der Waals surface area (Å²) in [5, 5.41) is 0. The molecule has 0 N–H and O–H groups in total. The normalized spacial score (nSPS) is 12.3. The third-order valence-corrected chi connectivity index (χ3v) is 1.33. The quantitative estimate of drug-likeness (QED) is 0.442. The van der Waals surface area contributed by atoms with Crippen molar-refractivity contribution in [2.45, 2.75) is 62.8 Å². The Balaban J connectivity index is -0.000000180. The summed E-state index contributed by atoms with van der Waals surface area (Å²) in [5.41, 5.74) is 0.740. The maximum Gasteiger partial charge on any atom is -0.0203 e. The van der Waals surface area contributed by atoms with Crippen LogP contribution >= 0.6 is 0 Å². The van der Waals surface area contributed by atoms with E-state index in [0.29, 0.717) is 10.8 Å². The highest BCUT2D eigenvalue weighted by atomic mass is 14.1. The summed E-state index contributed by atoms with van der Waals surface area (Å²) in [7, 11) is 0. The van der Waals surface area contributed by atoms with Crippen molar-refractivity contribution < 1.29 is 0 Å². The fourth-order valence-electron chi connectivity index (χ4n) is 1.00. The first kappa shape index (κ1) is 20.0. The van der Waals surface area contributed by atoms with Crippen LogP contribution in [-0.4, -0.2) is 0 Å². The van der Waals surface area contributed by atoms with E-state index in [4.69, 9.17) is 0 Å². The molecule has 0 fully saturated rings. The van der Waals surface area contributed by atoms with Crippen molar-refractivity contribution in [3.05, 3.63) is 24.3 Å². The lowest BCUT2D eigenvalue weighted by Gasteiger charge is -2.09. The van der Waals surface area contributed by atoms with Crippen LogP contribution in [0, 0.1) is 10.8 Å². The largest absolute Gasteiger partial charge is 0.0911 e. The predicted molar refractivity (Wildman–Crippen MR) is 75.3 cm³/mol. The van der Waals surface area contributed by atoms with Gasteiger partial charge in [0.2, 0.25) is 0 Å². The topological polar surface area (TPSA) is 0 Å². The maximum atomic E-state index is 2.19. The van der Waals surface area contributed by atoms with E-state index >= 15 is 0 Å². The van der Waals surface area contributed by atoms with Gasteiger partial charge in [0.05, 0.1) is 0 Å². The average Bonchev–Trinajstić information content (AvgIpc) is 1.81. The molecule has 0 amide bonds. The average molecular weight is 212 g/mol. The molecule has 0 unspecified atom stereocenters. The summed E-state index contributed by atoms with van der Waals surface area (Å²) in [6.07, 6.45) is 8.54. The van der Waals surface area contributed by atoms with Crippen LogP contribution in [0.15, 0.2) is 24.3 Å². The molecule has 0 aromatic rings. The van der Waals surface area contributed by atoms with Crippen LogP contribution in [0.2, 0.25) is 0 Å². The van der Waals surface area contributed by atoms with Crippen molar-refractivity contribution >= 4 is 0 Å². The van der Waals surface area contributed by atoms with Gasteiger partial charge in [0, 0.05) is 0 Å². The van der Waals surface area contributed by atoms with Crippen LogP contribution in [0.25, 0.3) is 0 Å². The number of hydrogen-bond acceptors (Lipinski definition) is 0. The van der Waals surface area contributed by atoms with E-state index in [0.717, 1.165) is 0 Å². The molecule has 0 saturated carbocycles. The molecule has 0 rings (SSSR count). The Labute approximate surface area is 98.5 Å². The van der Waals surface area contributed by atoms with E-state index in [2.05, 4.69) is 65.8 Å². The first-order valence-corrected chi connectivity index (χ1v) is 5.40. The molecular weight excluding hydrogens is 180 g/mol. The zero-order valence-electron chi connectivity index (χ0n) is 11.3. The SMILES string of the molecule is C.C/C=C/C(C)(C)C.C/C=C\C(C)(C)C. The first-order valence-electron chi connectivity index (χ1n) is 5.40. The van der Waals surface area contributed by atoms with Crippen LogP contribution in [-0.2, 0) is 0 Å². The monoisotopic (exact) mass is 212 g/mol. The minimum Gasteiger partial charge on any atom is -0.0911 e. The summed E-state index contributed by atoms with van der Waals surface area (Å²) < 4.78 is 0. The molecule has 0 bridgehead atoms. The summed E-state index contributed by atoms with van der Waals surface area (Å²) in [5.74, 6) is 0. The Bertz CT molecular complexity index is 147. The summed E-state index contributed by atoms with van der Waals surface area (Å²) in [6, 6.07) is 0. The molecule has 0 atom stereocenters. The second-order valence-electron chi connectivity index (χ2n) is 5.73. The van der Waals surface area contributed by atoms with Gasteiger partial charge in [-0.2, -0.15) is 0 Å². The summed E-state index contributed by atoms with van der Waals surface area (Å²) in [4.78, 5) is 0. The molecule has 0 nitrogen and oxygen atoms in total. The Morgan fingerprint density at radius 3 is 0.800 bits per heavy atom. The van der Waals surface area contributed by atoms with Crippen LogP contribution < -0.4 is 0 Å². The predicted octanol–water partition coefficient (Wildman–Crippen LogP) is 5.85. The van der Waals surface area contributed by atoms with Gasteiger partial charge in [0.25, 0.3) is 0 Å². The first-order chi connectivity index (χ1) is 6.12. The van der Waals surface area contributed by atoms with Gasteiger partial charge in [-0.15, -0.1) is 0 Å². The molecule has 15 heavy (non-hydrogen) atoms. The molecule has 0 aromatic carbocycles. The smallest absolute Gasteiger partial charge is 0.0203 e. The van der Waals surface area contributed by atoms with E-state index in [9.17, 15) is 0 Å². The fourth-order valence-corrected chi connectivity index (χ4v) is 1.00. The van der Waals surface area contributed by atoms with Crippen molar-refractivity contribution in [2.24, 2.45) is 10.8 Å². The number of allylic oxidation sites excluding steroid dienone is 4. The van der Waals surface area contributed by atoms with Gasteiger partial charge in [-0.1, -0.05) is 73.3 Å². The van der Waals surface area contributed by atoms with E-state index in [1.165, 1.54) is 0 Å². The van der Waals surface area contributed by atoms with E-state index < -0.39 is 0 Å². The molecule has 0 heteroatoms. The van der Waals surface area contributed by atoms with Crippen molar-refractivity contribution in [1.29, 1.82) is 0 Å². The van der Waals surface area contributed by atoms with Gasteiger partial charge < -0.3 is 0 Å². The Morgan fingerprint density at radius 1 is 0.600 bits per heavy atom. The van der Waals surface area contributed by atoms with Crippen molar-refractivity contribution in [2.75, 3.05) is 0 Å². The molecule has 0 saturated heterocycles. The zero-order valence-corrected chi connectivity index (χ0v) is 11.3. The van der Waals surface area contributed by atoms with E-state index in [-0.39, 0.29) is 7.43 Å². The van der Waals surface area contributed by atoms with Crippen molar-refractivity contribution in [3.63, 3.8) is 0 Å². The molecule has 0 aliphatic rings. The van der Waals surface area contributed by atoms with Crippen LogP contribution in [0.4, 0.5) is 0 Å². The van der Waals surface area contributed by atoms with Gasteiger partial charge in [0.1, 0.15) is 0 Å².